The van der Waals surface area contributed by atoms with Gasteiger partial charge in [-0.1, -0.05) is 29.8 Å². The SMILES string of the molecule is Cc1ccc(N2C(=O)[C@H]3[C@H](C2=O)[C@H]2C=C[C@H]3CC2)c(C)c1. The van der Waals surface area contributed by atoms with Crippen LogP contribution in [-0.4, -0.2) is 11.8 Å². The van der Waals surface area contributed by atoms with Crippen molar-refractivity contribution in [3.63, 3.8) is 0 Å². The Bertz CT molecular complexity index is 644. The molecule has 1 aromatic rings. The summed E-state index contributed by atoms with van der Waals surface area (Å²) in [5, 5.41) is 0. The Labute approximate surface area is 124 Å². The predicted molar refractivity (Wildman–Crippen MR) is 80.7 cm³/mol. The second kappa shape index (κ2) is 4.30. The molecule has 1 saturated carbocycles. The van der Waals surface area contributed by atoms with E-state index >= 15 is 0 Å². The van der Waals surface area contributed by atoms with E-state index in [1.807, 2.05) is 32.0 Å². The van der Waals surface area contributed by atoms with Crippen molar-refractivity contribution in [1.29, 1.82) is 0 Å². The Balaban J connectivity index is 1.78. The number of imide groups is 1. The lowest BCUT2D eigenvalue weighted by Crippen LogP contribution is -2.38. The minimum atomic E-state index is -0.123. The zero-order chi connectivity index (χ0) is 14.7. The summed E-state index contributed by atoms with van der Waals surface area (Å²) in [5.41, 5.74) is 2.91. The predicted octanol–water partition coefficient (Wildman–Crippen LogP) is 3.01. The van der Waals surface area contributed by atoms with Crippen LogP contribution >= 0.6 is 0 Å². The second-order valence-electron chi connectivity index (χ2n) is 6.64. The molecule has 3 heteroatoms. The van der Waals surface area contributed by atoms with Gasteiger partial charge >= 0.3 is 0 Å². The third-order valence-corrected chi connectivity index (χ3v) is 5.35. The van der Waals surface area contributed by atoms with Gasteiger partial charge in [-0.05, 0) is 50.2 Å². The molecule has 4 aliphatic rings. The quantitative estimate of drug-likeness (QED) is 0.586. The molecule has 0 aromatic heterocycles. The Morgan fingerprint density at radius 3 is 2.00 bits per heavy atom. The van der Waals surface area contributed by atoms with E-state index in [4.69, 9.17) is 0 Å². The summed E-state index contributed by atoms with van der Waals surface area (Å²) in [4.78, 5) is 27.2. The fourth-order valence-corrected chi connectivity index (χ4v) is 4.37. The van der Waals surface area contributed by atoms with Crippen molar-refractivity contribution < 1.29 is 9.59 Å². The first-order valence-corrected chi connectivity index (χ1v) is 7.71. The van der Waals surface area contributed by atoms with E-state index in [1.165, 1.54) is 4.90 Å². The molecule has 1 aromatic carbocycles. The normalized spacial score (nSPS) is 33.7. The smallest absolute Gasteiger partial charge is 0.238 e. The number of carbonyl (C=O) groups is 2. The van der Waals surface area contributed by atoms with Crippen LogP contribution in [0.2, 0.25) is 0 Å². The van der Waals surface area contributed by atoms with Crippen molar-refractivity contribution in [1.82, 2.24) is 0 Å². The summed E-state index contributed by atoms with van der Waals surface area (Å²) in [6, 6.07) is 5.91. The molecule has 2 amide bonds. The molecule has 21 heavy (non-hydrogen) atoms. The van der Waals surface area contributed by atoms with Gasteiger partial charge in [-0.2, -0.15) is 0 Å². The maximum absolute atomic E-state index is 12.8. The van der Waals surface area contributed by atoms with Gasteiger partial charge in [-0.3, -0.25) is 9.59 Å². The number of hydrogen-bond donors (Lipinski definition) is 0. The Hall–Kier alpha value is -1.90. The van der Waals surface area contributed by atoms with Crippen molar-refractivity contribution >= 4 is 17.5 Å². The number of amides is 2. The van der Waals surface area contributed by atoms with Crippen LogP contribution in [0.5, 0.6) is 0 Å². The van der Waals surface area contributed by atoms with Crippen LogP contribution in [0.1, 0.15) is 24.0 Å². The molecule has 1 saturated heterocycles. The first-order chi connectivity index (χ1) is 10.1. The molecule has 2 bridgehead atoms. The van der Waals surface area contributed by atoms with Gasteiger partial charge in [0.25, 0.3) is 0 Å². The lowest BCUT2D eigenvalue weighted by Gasteiger charge is -2.38. The molecule has 0 spiro atoms. The van der Waals surface area contributed by atoms with E-state index in [9.17, 15) is 9.59 Å². The maximum Gasteiger partial charge on any atom is 0.238 e. The summed E-state index contributed by atoms with van der Waals surface area (Å²) in [5.74, 6) is 0.287. The summed E-state index contributed by atoms with van der Waals surface area (Å²) in [7, 11) is 0. The van der Waals surface area contributed by atoms with Gasteiger partial charge < -0.3 is 0 Å². The molecule has 3 nitrogen and oxygen atoms in total. The topological polar surface area (TPSA) is 37.4 Å². The van der Waals surface area contributed by atoms with Gasteiger partial charge in [0.1, 0.15) is 0 Å². The van der Waals surface area contributed by atoms with E-state index in [0.29, 0.717) is 0 Å². The van der Waals surface area contributed by atoms with E-state index < -0.39 is 0 Å². The number of allylic oxidation sites excluding steroid dienone is 2. The average molecular weight is 281 g/mol. The van der Waals surface area contributed by atoms with Crippen molar-refractivity contribution in [2.45, 2.75) is 26.7 Å². The average Bonchev–Trinajstić information content (AvgIpc) is 2.75. The maximum atomic E-state index is 12.8. The van der Waals surface area contributed by atoms with Crippen LogP contribution < -0.4 is 4.90 Å². The number of benzene rings is 1. The fourth-order valence-electron chi connectivity index (χ4n) is 4.37. The molecule has 0 radical (unpaired) electrons. The molecular weight excluding hydrogens is 262 g/mol. The van der Waals surface area contributed by atoms with Gasteiger partial charge in [0.15, 0.2) is 0 Å². The molecule has 4 atom stereocenters. The van der Waals surface area contributed by atoms with Gasteiger partial charge in [0, 0.05) is 0 Å². The second-order valence-corrected chi connectivity index (χ2v) is 6.64. The molecule has 0 N–H and O–H groups in total. The zero-order valence-electron chi connectivity index (χ0n) is 12.4. The Morgan fingerprint density at radius 2 is 1.52 bits per heavy atom. The van der Waals surface area contributed by atoms with Crippen LogP contribution in [0.4, 0.5) is 5.69 Å². The summed E-state index contributed by atoms with van der Waals surface area (Å²) >= 11 is 0. The van der Waals surface area contributed by atoms with Gasteiger partial charge in [0.2, 0.25) is 11.8 Å². The van der Waals surface area contributed by atoms with Gasteiger partial charge in [0.05, 0.1) is 17.5 Å². The first kappa shape index (κ1) is 12.8. The van der Waals surface area contributed by atoms with Crippen LogP contribution in [0.25, 0.3) is 0 Å². The van der Waals surface area contributed by atoms with Crippen LogP contribution in [0.3, 0.4) is 0 Å². The highest BCUT2D eigenvalue weighted by molar-refractivity contribution is 6.22. The van der Waals surface area contributed by atoms with E-state index in [2.05, 4.69) is 12.2 Å². The zero-order valence-corrected chi connectivity index (χ0v) is 12.4. The molecule has 0 unspecified atom stereocenters. The number of hydrogen-bond acceptors (Lipinski definition) is 2. The largest absolute Gasteiger partial charge is 0.274 e. The molecule has 3 aliphatic carbocycles. The lowest BCUT2D eigenvalue weighted by atomic mass is 9.63. The van der Waals surface area contributed by atoms with Crippen molar-refractivity contribution in [2.24, 2.45) is 23.7 Å². The Kier molecular flexibility index (Phi) is 2.62. The first-order valence-electron chi connectivity index (χ1n) is 7.71. The monoisotopic (exact) mass is 281 g/mol. The number of fused-ring (bicyclic) bond motifs is 1. The summed E-state index contributed by atoms with van der Waals surface area (Å²) in [6.07, 6.45) is 6.40. The molecule has 2 fully saturated rings. The van der Waals surface area contributed by atoms with Gasteiger partial charge in [-0.15, -0.1) is 0 Å². The lowest BCUT2D eigenvalue weighted by molar-refractivity contribution is -0.124. The van der Waals surface area contributed by atoms with Crippen molar-refractivity contribution in [3.8, 4) is 0 Å². The number of aryl methyl sites for hydroxylation is 2. The highest BCUT2D eigenvalue weighted by Crippen LogP contribution is 2.50. The molecule has 108 valence electrons. The van der Waals surface area contributed by atoms with Crippen LogP contribution in [0.15, 0.2) is 30.4 Å². The van der Waals surface area contributed by atoms with Crippen LogP contribution in [0, 0.1) is 37.5 Å². The highest BCUT2D eigenvalue weighted by atomic mass is 16.2. The van der Waals surface area contributed by atoms with Crippen LogP contribution in [-0.2, 0) is 9.59 Å². The van der Waals surface area contributed by atoms with Crippen molar-refractivity contribution in [2.75, 3.05) is 4.90 Å². The third kappa shape index (κ3) is 1.66. The minimum absolute atomic E-state index is 0.0102. The number of anilines is 1. The van der Waals surface area contributed by atoms with E-state index in [1.54, 1.807) is 0 Å². The Morgan fingerprint density at radius 1 is 0.952 bits per heavy atom. The number of nitrogens with zero attached hydrogens (tertiary/aromatic N) is 1. The fraction of sp³-hybridized carbons (Fsp3) is 0.444. The van der Waals surface area contributed by atoms with Crippen molar-refractivity contribution in [3.05, 3.63) is 41.5 Å². The number of rotatable bonds is 1. The molecule has 5 rings (SSSR count). The van der Waals surface area contributed by atoms with E-state index in [-0.39, 0.29) is 35.5 Å². The summed E-state index contributed by atoms with van der Waals surface area (Å²) in [6.45, 7) is 3.99. The summed E-state index contributed by atoms with van der Waals surface area (Å²) < 4.78 is 0. The van der Waals surface area contributed by atoms with Gasteiger partial charge in [-0.25, -0.2) is 4.90 Å². The number of carbonyl (C=O) groups excluding carboxylic acids is 2. The van der Waals surface area contributed by atoms with E-state index in [0.717, 1.165) is 29.7 Å². The molecular formula is C18H19NO2. The molecule has 1 aliphatic heterocycles. The highest BCUT2D eigenvalue weighted by Gasteiger charge is 2.56. The third-order valence-electron chi connectivity index (χ3n) is 5.35. The minimum Gasteiger partial charge on any atom is -0.274 e. The standard InChI is InChI=1S/C18H19NO2/c1-10-3-8-14(11(2)9-10)19-17(20)15-12-4-5-13(7-6-12)16(15)18(19)21/h3-5,8-9,12-13,15-16H,6-7H2,1-2H3/t12-,13-,15+,16+/m0/s1. The molecule has 1 heterocycles.